The van der Waals surface area contributed by atoms with Crippen molar-refractivity contribution in [3.05, 3.63) is 0 Å². The van der Waals surface area contributed by atoms with E-state index in [1.54, 1.807) is 0 Å². The Morgan fingerprint density at radius 1 is 0.778 bits per heavy atom. The van der Waals surface area contributed by atoms with E-state index < -0.39 is 0 Å². The summed E-state index contributed by atoms with van der Waals surface area (Å²) >= 11 is 0. The first kappa shape index (κ1) is 14.3. The Morgan fingerprint density at radius 3 is 1.83 bits per heavy atom. The van der Waals surface area contributed by atoms with Crippen LogP contribution in [0, 0.1) is 11.8 Å². The van der Waals surface area contributed by atoms with Crippen molar-refractivity contribution >= 4 is 0 Å². The summed E-state index contributed by atoms with van der Waals surface area (Å²) in [4.78, 5) is 2.83. The molecule has 1 saturated carbocycles. The molecule has 2 fully saturated rings. The summed E-state index contributed by atoms with van der Waals surface area (Å²) in [6.45, 7) is 9.82. The van der Waals surface area contributed by atoms with Gasteiger partial charge in [-0.2, -0.15) is 0 Å². The van der Waals surface area contributed by atoms with Crippen LogP contribution in [0.15, 0.2) is 0 Å². The first-order chi connectivity index (χ1) is 8.75. The number of nitrogens with zero attached hydrogens (tertiary/aromatic N) is 1. The highest BCUT2D eigenvalue weighted by molar-refractivity contribution is 4.80. The van der Waals surface area contributed by atoms with E-state index >= 15 is 0 Å². The predicted molar refractivity (Wildman–Crippen MR) is 78.9 cm³/mol. The van der Waals surface area contributed by atoms with Crippen LogP contribution in [-0.4, -0.2) is 37.1 Å². The quantitative estimate of drug-likeness (QED) is 0.770. The molecule has 2 rings (SSSR count). The zero-order valence-corrected chi connectivity index (χ0v) is 12.5. The fourth-order valence-electron chi connectivity index (χ4n) is 3.68. The molecule has 0 radical (unpaired) electrons. The summed E-state index contributed by atoms with van der Waals surface area (Å²) in [5.41, 5.74) is 0. The Morgan fingerprint density at radius 2 is 1.28 bits per heavy atom. The lowest BCUT2D eigenvalue weighted by Crippen LogP contribution is -2.47. The van der Waals surface area contributed by atoms with Crippen molar-refractivity contribution in [2.24, 2.45) is 11.8 Å². The monoisotopic (exact) mass is 252 g/mol. The Labute approximate surface area is 114 Å². The number of hydrogen-bond donors (Lipinski definition) is 1. The fraction of sp³-hybridized carbons (Fsp3) is 1.00. The zero-order chi connectivity index (χ0) is 12.8. The molecule has 2 atom stereocenters. The van der Waals surface area contributed by atoms with Crippen LogP contribution in [0.5, 0.6) is 0 Å². The molecule has 2 aliphatic rings. The van der Waals surface area contributed by atoms with E-state index in [-0.39, 0.29) is 0 Å². The maximum atomic E-state index is 3.61. The molecule has 1 aliphatic carbocycles. The van der Waals surface area contributed by atoms with Gasteiger partial charge in [-0.15, -0.1) is 0 Å². The van der Waals surface area contributed by atoms with Gasteiger partial charge in [0.2, 0.25) is 0 Å². The van der Waals surface area contributed by atoms with Gasteiger partial charge >= 0.3 is 0 Å². The highest BCUT2D eigenvalue weighted by Gasteiger charge is 2.24. The van der Waals surface area contributed by atoms with E-state index in [1.165, 1.54) is 71.1 Å². The minimum absolute atomic E-state index is 0.808. The molecule has 2 nitrogen and oxygen atoms in total. The van der Waals surface area contributed by atoms with Crippen LogP contribution in [0.1, 0.15) is 58.8 Å². The van der Waals surface area contributed by atoms with E-state index in [4.69, 9.17) is 0 Å². The second kappa shape index (κ2) is 7.49. The van der Waals surface area contributed by atoms with Crippen LogP contribution in [0.4, 0.5) is 0 Å². The summed E-state index contributed by atoms with van der Waals surface area (Å²) in [7, 11) is 0. The minimum Gasteiger partial charge on any atom is -0.316 e. The molecule has 2 unspecified atom stereocenters. The smallest absolute Gasteiger partial charge is 0.00955 e. The van der Waals surface area contributed by atoms with Gasteiger partial charge in [-0.25, -0.2) is 0 Å². The van der Waals surface area contributed by atoms with Crippen molar-refractivity contribution in [1.82, 2.24) is 10.2 Å². The molecule has 1 N–H and O–H groups in total. The Hall–Kier alpha value is -0.0800. The maximum absolute atomic E-state index is 3.61. The molecule has 1 saturated heterocycles. The summed E-state index contributed by atoms with van der Waals surface area (Å²) in [6.07, 6.45) is 10.2. The van der Waals surface area contributed by atoms with Gasteiger partial charge in [-0.05, 0) is 37.8 Å². The minimum atomic E-state index is 0.808. The standard InChI is InChI=1S/C16H32N2/c1-14-10-17-11-15(2)13-18(12-14)16-8-6-4-3-5-7-9-16/h14-17H,3-13H2,1-2H3. The fourth-order valence-corrected chi connectivity index (χ4v) is 3.68. The first-order valence-electron chi connectivity index (χ1n) is 8.20. The molecule has 2 heteroatoms. The Bertz CT molecular complexity index is 209. The first-order valence-corrected chi connectivity index (χ1v) is 8.20. The predicted octanol–water partition coefficient (Wildman–Crippen LogP) is 3.28. The van der Waals surface area contributed by atoms with Crippen LogP contribution in [-0.2, 0) is 0 Å². The highest BCUT2D eigenvalue weighted by atomic mass is 15.2. The van der Waals surface area contributed by atoms with Crippen LogP contribution >= 0.6 is 0 Å². The van der Waals surface area contributed by atoms with Gasteiger partial charge in [0.15, 0.2) is 0 Å². The molecule has 0 bridgehead atoms. The second-order valence-corrected chi connectivity index (χ2v) is 6.82. The molecule has 106 valence electrons. The molecule has 0 aromatic carbocycles. The SMILES string of the molecule is CC1CNCC(C)CN(C2CCCCCCC2)C1. The lowest BCUT2D eigenvalue weighted by molar-refractivity contribution is 0.114. The van der Waals surface area contributed by atoms with E-state index in [9.17, 15) is 0 Å². The van der Waals surface area contributed by atoms with E-state index in [1.807, 2.05) is 0 Å². The summed E-state index contributed by atoms with van der Waals surface area (Å²) in [6, 6.07) is 0.883. The number of rotatable bonds is 1. The third-order valence-corrected chi connectivity index (χ3v) is 4.67. The van der Waals surface area contributed by atoms with Crippen molar-refractivity contribution in [3.8, 4) is 0 Å². The molecule has 0 aromatic heterocycles. The van der Waals surface area contributed by atoms with Gasteiger partial charge in [-0.3, -0.25) is 4.90 Å². The molecular weight excluding hydrogens is 220 g/mol. The maximum Gasteiger partial charge on any atom is 0.00955 e. The van der Waals surface area contributed by atoms with E-state index in [0.717, 1.165) is 17.9 Å². The van der Waals surface area contributed by atoms with Gasteiger partial charge in [0.05, 0.1) is 0 Å². The molecule has 0 amide bonds. The number of nitrogens with one attached hydrogen (secondary N) is 1. The molecule has 0 aromatic rings. The average molecular weight is 252 g/mol. The van der Waals surface area contributed by atoms with Crippen molar-refractivity contribution in [2.45, 2.75) is 64.8 Å². The molecule has 1 aliphatic heterocycles. The van der Waals surface area contributed by atoms with Crippen LogP contribution < -0.4 is 5.32 Å². The lowest BCUT2D eigenvalue weighted by Gasteiger charge is -2.38. The zero-order valence-electron chi connectivity index (χ0n) is 12.5. The summed E-state index contributed by atoms with van der Waals surface area (Å²) in [5.74, 6) is 1.62. The second-order valence-electron chi connectivity index (χ2n) is 6.82. The van der Waals surface area contributed by atoms with Gasteiger partial charge in [0.1, 0.15) is 0 Å². The van der Waals surface area contributed by atoms with Crippen molar-refractivity contribution in [2.75, 3.05) is 26.2 Å². The Balaban J connectivity index is 1.92. The summed E-state index contributed by atoms with van der Waals surface area (Å²) < 4.78 is 0. The van der Waals surface area contributed by atoms with Crippen LogP contribution in [0.25, 0.3) is 0 Å². The summed E-state index contributed by atoms with van der Waals surface area (Å²) in [5, 5.41) is 3.61. The van der Waals surface area contributed by atoms with Crippen LogP contribution in [0.3, 0.4) is 0 Å². The topological polar surface area (TPSA) is 15.3 Å². The van der Waals surface area contributed by atoms with Gasteiger partial charge in [0, 0.05) is 19.1 Å². The van der Waals surface area contributed by atoms with Gasteiger partial charge in [0.25, 0.3) is 0 Å². The normalized spacial score (nSPS) is 34.3. The molecular formula is C16H32N2. The van der Waals surface area contributed by atoms with Crippen LogP contribution in [0.2, 0.25) is 0 Å². The molecule has 18 heavy (non-hydrogen) atoms. The van der Waals surface area contributed by atoms with Crippen molar-refractivity contribution in [1.29, 1.82) is 0 Å². The average Bonchev–Trinajstić information content (AvgIpc) is 2.25. The van der Waals surface area contributed by atoms with E-state index in [0.29, 0.717) is 0 Å². The van der Waals surface area contributed by atoms with Crippen molar-refractivity contribution < 1.29 is 0 Å². The number of hydrogen-bond acceptors (Lipinski definition) is 2. The lowest BCUT2D eigenvalue weighted by atomic mass is 9.93. The third-order valence-electron chi connectivity index (χ3n) is 4.67. The van der Waals surface area contributed by atoms with Gasteiger partial charge < -0.3 is 5.32 Å². The highest BCUT2D eigenvalue weighted by Crippen LogP contribution is 2.23. The third kappa shape index (κ3) is 4.55. The Kier molecular flexibility index (Phi) is 5.97. The molecule has 0 spiro atoms. The van der Waals surface area contributed by atoms with Gasteiger partial charge in [-0.1, -0.05) is 46.0 Å². The van der Waals surface area contributed by atoms with Crippen molar-refractivity contribution in [3.63, 3.8) is 0 Å². The molecule has 1 heterocycles. The largest absolute Gasteiger partial charge is 0.316 e. The van der Waals surface area contributed by atoms with E-state index in [2.05, 4.69) is 24.1 Å².